The van der Waals surface area contributed by atoms with Gasteiger partial charge in [0.1, 0.15) is 11.5 Å². The number of hydrogen-bond donors (Lipinski definition) is 2. The van der Waals surface area contributed by atoms with E-state index in [2.05, 4.69) is 0 Å². The van der Waals surface area contributed by atoms with Crippen LogP contribution in [0.15, 0.2) is 24.3 Å². The molecule has 0 saturated carbocycles. The zero-order valence-corrected chi connectivity index (χ0v) is 11.4. The number of benzene rings is 2. The Bertz CT molecular complexity index is 659. The molecule has 104 valence electrons. The fourth-order valence-corrected chi connectivity index (χ4v) is 2.91. The van der Waals surface area contributed by atoms with Crippen LogP contribution in [0.4, 0.5) is 0 Å². The van der Waals surface area contributed by atoms with E-state index >= 15 is 0 Å². The molecule has 0 unspecified atom stereocenters. The minimum absolute atomic E-state index is 0.146. The predicted octanol–water partition coefficient (Wildman–Crippen LogP) is 2.88. The maximum Gasteiger partial charge on any atom is 0.164 e. The quantitative estimate of drug-likeness (QED) is 0.882. The molecule has 1 aliphatic carbocycles. The Morgan fingerprint density at radius 1 is 1.00 bits per heavy atom. The molecule has 0 radical (unpaired) electrons. The maximum absolute atomic E-state index is 9.89. The number of phenols is 2. The van der Waals surface area contributed by atoms with Crippen molar-refractivity contribution in [2.45, 2.75) is 12.8 Å². The molecule has 0 amide bonds. The Morgan fingerprint density at radius 2 is 1.80 bits per heavy atom. The summed E-state index contributed by atoms with van der Waals surface area (Å²) < 4.78 is 10.7. The Balaban J connectivity index is 2.31. The zero-order valence-electron chi connectivity index (χ0n) is 11.4. The number of phenolic OH excluding ortho intramolecular Hbond substituents is 2. The van der Waals surface area contributed by atoms with Gasteiger partial charge >= 0.3 is 0 Å². The first kappa shape index (κ1) is 12.7. The number of fused-ring (bicyclic) bond motifs is 3. The average Bonchev–Trinajstić information content (AvgIpc) is 2.45. The zero-order chi connectivity index (χ0) is 14.3. The second kappa shape index (κ2) is 4.63. The van der Waals surface area contributed by atoms with Gasteiger partial charge in [-0.05, 0) is 36.1 Å². The highest BCUT2D eigenvalue weighted by Crippen LogP contribution is 2.47. The molecule has 3 rings (SSSR count). The predicted molar refractivity (Wildman–Crippen MR) is 75.7 cm³/mol. The lowest BCUT2D eigenvalue weighted by molar-refractivity contribution is 0.369. The number of aryl methyl sites for hydroxylation is 1. The van der Waals surface area contributed by atoms with Gasteiger partial charge in [0.05, 0.1) is 14.2 Å². The normalized spacial score (nSPS) is 12.5. The second-order valence-electron chi connectivity index (χ2n) is 4.83. The SMILES string of the molecule is COc1cc(O)cc2c1-c1ccc(O)c(OC)c1CC2. The van der Waals surface area contributed by atoms with Gasteiger partial charge in [-0.1, -0.05) is 6.07 Å². The third-order valence-corrected chi connectivity index (χ3v) is 3.75. The first-order chi connectivity index (χ1) is 9.65. The third-order valence-electron chi connectivity index (χ3n) is 3.75. The fraction of sp³-hybridized carbons (Fsp3) is 0.250. The summed E-state index contributed by atoms with van der Waals surface area (Å²) in [5, 5.41) is 19.6. The van der Waals surface area contributed by atoms with Gasteiger partial charge in [0, 0.05) is 17.2 Å². The summed E-state index contributed by atoms with van der Waals surface area (Å²) in [5.41, 5.74) is 3.97. The summed E-state index contributed by atoms with van der Waals surface area (Å²) in [6.45, 7) is 0. The summed E-state index contributed by atoms with van der Waals surface area (Å²) >= 11 is 0. The van der Waals surface area contributed by atoms with Crippen LogP contribution >= 0.6 is 0 Å². The van der Waals surface area contributed by atoms with Crippen LogP contribution in [0.25, 0.3) is 11.1 Å². The topological polar surface area (TPSA) is 58.9 Å². The Kier molecular flexibility index (Phi) is 2.93. The number of ether oxygens (including phenoxy) is 2. The monoisotopic (exact) mass is 272 g/mol. The molecule has 2 aromatic rings. The highest BCUT2D eigenvalue weighted by molar-refractivity contribution is 5.82. The molecule has 4 nitrogen and oxygen atoms in total. The van der Waals surface area contributed by atoms with Crippen LogP contribution in [0, 0.1) is 0 Å². The van der Waals surface area contributed by atoms with Crippen LogP contribution < -0.4 is 9.47 Å². The smallest absolute Gasteiger partial charge is 0.164 e. The van der Waals surface area contributed by atoms with Crippen LogP contribution in [0.2, 0.25) is 0 Å². The molecule has 0 saturated heterocycles. The first-order valence-electron chi connectivity index (χ1n) is 6.44. The van der Waals surface area contributed by atoms with E-state index in [-0.39, 0.29) is 11.5 Å². The molecule has 2 N–H and O–H groups in total. The standard InChI is InChI=1S/C16H16O4/c1-19-14-8-10(17)7-9-3-4-12-11(15(9)14)5-6-13(18)16(12)20-2/h5-8,17-18H,3-4H2,1-2H3. The molecule has 1 aliphatic rings. The van der Waals surface area contributed by atoms with Gasteiger partial charge in [0.2, 0.25) is 0 Å². The van der Waals surface area contributed by atoms with Crippen LogP contribution in [0.5, 0.6) is 23.0 Å². The lowest BCUT2D eigenvalue weighted by Gasteiger charge is -2.24. The van der Waals surface area contributed by atoms with E-state index in [9.17, 15) is 10.2 Å². The van der Waals surface area contributed by atoms with Crippen molar-refractivity contribution in [1.29, 1.82) is 0 Å². The van der Waals surface area contributed by atoms with Crippen molar-refractivity contribution in [3.63, 3.8) is 0 Å². The molecule has 2 aromatic carbocycles. The minimum Gasteiger partial charge on any atom is -0.508 e. The van der Waals surface area contributed by atoms with E-state index in [0.29, 0.717) is 11.5 Å². The number of rotatable bonds is 2. The van der Waals surface area contributed by atoms with Gasteiger partial charge in [-0.3, -0.25) is 0 Å². The Morgan fingerprint density at radius 3 is 2.50 bits per heavy atom. The first-order valence-corrected chi connectivity index (χ1v) is 6.44. The van der Waals surface area contributed by atoms with E-state index in [4.69, 9.17) is 9.47 Å². The van der Waals surface area contributed by atoms with Crippen LogP contribution in [0.3, 0.4) is 0 Å². The van der Waals surface area contributed by atoms with E-state index < -0.39 is 0 Å². The number of methoxy groups -OCH3 is 2. The highest BCUT2D eigenvalue weighted by Gasteiger charge is 2.25. The van der Waals surface area contributed by atoms with E-state index in [1.807, 2.05) is 6.07 Å². The largest absolute Gasteiger partial charge is 0.508 e. The second-order valence-corrected chi connectivity index (χ2v) is 4.83. The van der Waals surface area contributed by atoms with Crippen molar-refractivity contribution < 1.29 is 19.7 Å². The molecular formula is C16H16O4. The van der Waals surface area contributed by atoms with Crippen LogP contribution in [-0.2, 0) is 12.8 Å². The lowest BCUT2D eigenvalue weighted by atomic mass is 9.84. The van der Waals surface area contributed by atoms with E-state index in [0.717, 1.165) is 35.1 Å². The summed E-state index contributed by atoms with van der Waals surface area (Å²) in [7, 11) is 3.14. The Hall–Kier alpha value is -2.36. The molecule has 0 aliphatic heterocycles. The van der Waals surface area contributed by atoms with Gasteiger partial charge < -0.3 is 19.7 Å². The van der Waals surface area contributed by atoms with Crippen molar-refractivity contribution in [3.8, 4) is 34.1 Å². The number of hydrogen-bond acceptors (Lipinski definition) is 4. The van der Waals surface area contributed by atoms with Crippen LogP contribution in [0.1, 0.15) is 11.1 Å². The van der Waals surface area contributed by atoms with Gasteiger partial charge in [-0.2, -0.15) is 0 Å². The molecule has 0 atom stereocenters. The van der Waals surface area contributed by atoms with Crippen molar-refractivity contribution in [1.82, 2.24) is 0 Å². The Labute approximate surface area is 117 Å². The lowest BCUT2D eigenvalue weighted by Crippen LogP contribution is -2.07. The van der Waals surface area contributed by atoms with Gasteiger partial charge in [-0.25, -0.2) is 0 Å². The summed E-state index contributed by atoms with van der Waals surface area (Å²) in [6, 6.07) is 6.86. The summed E-state index contributed by atoms with van der Waals surface area (Å²) in [4.78, 5) is 0. The average molecular weight is 272 g/mol. The molecule has 0 aromatic heterocycles. The molecular weight excluding hydrogens is 256 g/mol. The molecule has 4 heteroatoms. The molecule has 0 spiro atoms. The van der Waals surface area contributed by atoms with Gasteiger partial charge in [0.15, 0.2) is 11.5 Å². The van der Waals surface area contributed by atoms with Crippen molar-refractivity contribution >= 4 is 0 Å². The van der Waals surface area contributed by atoms with E-state index in [1.165, 1.54) is 0 Å². The van der Waals surface area contributed by atoms with Gasteiger partial charge in [0.25, 0.3) is 0 Å². The summed E-state index contributed by atoms with van der Waals surface area (Å²) in [5.74, 6) is 1.50. The third kappa shape index (κ3) is 1.76. The maximum atomic E-state index is 9.89. The van der Waals surface area contributed by atoms with Gasteiger partial charge in [-0.15, -0.1) is 0 Å². The van der Waals surface area contributed by atoms with Crippen LogP contribution in [-0.4, -0.2) is 24.4 Å². The number of aromatic hydroxyl groups is 2. The van der Waals surface area contributed by atoms with Crippen molar-refractivity contribution in [2.24, 2.45) is 0 Å². The molecule has 0 heterocycles. The molecule has 0 bridgehead atoms. The molecule has 0 fully saturated rings. The fourth-order valence-electron chi connectivity index (χ4n) is 2.91. The highest BCUT2D eigenvalue weighted by atomic mass is 16.5. The van der Waals surface area contributed by atoms with E-state index in [1.54, 1.807) is 32.4 Å². The minimum atomic E-state index is 0.146. The van der Waals surface area contributed by atoms with Crippen molar-refractivity contribution in [2.75, 3.05) is 14.2 Å². The summed E-state index contributed by atoms with van der Waals surface area (Å²) in [6.07, 6.45) is 1.53. The molecule has 20 heavy (non-hydrogen) atoms. The van der Waals surface area contributed by atoms with Crippen molar-refractivity contribution in [3.05, 3.63) is 35.4 Å².